The fourth-order valence-electron chi connectivity index (χ4n) is 2.83. The second kappa shape index (κ2) is 8.67. The first kappa shape index (κ1) is 19.5. The molecule has 1 amide bonds. The second-order valence-electron chi connectivity index (χ2n) is 6.33. The standard InChI is InChI=1S/C21H20N4O2S2/c1-3-27-16-7-5-15(6-8-16)25-11-10-22-21(25)28-13-19(26)24-20-23-17-9-4-14(2)12-18(17)29-20/h4-12H,3,13H2,1-2H3,(H,23,24,26). The summed E-state index contributed by atoms with van der Waals surface area (Å²) in [6.45, 7) is 4.63. The lowest BCUT2D eigenvalue weighted by Crippen LogP contribution is -2.14. The Labute approximate surface area is 176 Å². The van der Waals surface area contributed by atoms with Crippen molar-refractivity contribution in [3.8, 4) is 11.4 Å². The molecule has 4 rings (SSSR count). The lowest BCUT2D eigenvalue weighted by molar-refractivity contribution is -0.113. The summed E-state index contributed by atoms with van der Waals surface area (Å²) in [6.07, 6.45) is 3.61. The van der Waals surface area contributed by atoms with E-state index in [1.807, 2.05) is 61.0 Å². The van der Waals surface area contributed by atoms with Gasteiger partial charge in [0.05, 0.1) is 22.6 Å². The first-order valence-corrected chi connectivity index (χ1v) is 11.0. The molecule has 0 aliphatic heterocycles. The molecular formula is C21H20N4O2S2. The van der Waals surface area contributed by atoms with E-state index < -0.39 is 0 Å². The largest absolute Gasteiger partial charge is 0.494 e. The maximum absolute atomic E-state index is 12.4. The third kappa shape index (κ3) is 4.60. The molecule has 0 unspecified atom stereocenters. The number of aryl methyl sites for hydroxylation is 1. The molecule has 0 radical (unpaired) electrons. The van der Waals surface area contributed by atoms with Gasteiger partial charge in [-0.25, -0.2) is 9.97 Å². The van der Waals surface area contributed by atoms with Crippen LogP contribution in [-0.2, 0) is 4.79 Å². The van der Waals surface area contributed by atoms with Crippen LogP contribution < -0.4 is 10.1 Å². The zero-order chi connectivity index (χ0) is 20.2. The summed E-state index contributed by atoms with van der Waals surface area (Å²) in [4.78, 5) is 21.2. The highest BCUT2D eigenvalue weighted by molar-refractivity contribution is 7.99. The summed E-state index contributed by atoms with van der Waals surface area (Å²) in [5.41, 5.74) is 3.04. The minimum absolute atomic E-state index is 0.105. The number of fused-ring (bicyclic) bond motifs is 1. The molecule has 0 aliphatic rings. The van der Waals surface area contributed by atoms with Crippen LogP contribution >= 0.6 is 23.1 Å². The second-order valence-corrected chi connectivity index (χ2v) is 8.31. The van der Waals surface area contributed by atoms with Gasteiger partial charge >= 0.3 is 0 Å². The van der Waals surface area contributed by atoms with Crippen molar-refractivity contribution in [2.75, 3.05) is 17.7 Å². The number of nitrogens with zero attached hydrogens (tertiary/aromatic N) is 3. The number of anilines is 1. The number of hydrogen-bond donors (Lipinski definition) is 1. The van der Waals surface area contributed by atoms with Gasteiger partial charge in [0.1, 0.15) is 5.75 Å². The van der Waals surface area contributed by atoms with E-state index >= 15 is 0 Å². The van der Waals surface area contributed by atoms with Gasteiger partial charge in [0.25, 0.3) is 0 Å². The molecular weight excluding hydrogens is 404 g/mol. The normalized spacial score (nSPS) is 11.0. The summed E-state index contributed by atoms with van der Waals surface area (Å²) >= 11 is 2.87. The molecule has 4 aromatic rings. The van der Waals surface area contributed by atoms with E-state index in [4.69, 9.17) is 4.74 Å². The maximum Gasteiger partial charge on any atom is 0.236 e. The van der Waals surface area contributed by atoms with Crippen LogP contribution in [-0.4, -0.2) is 32.8 Å². The first-order valence-electron chi connectivity index (χ1n) is 9.19. The van der Waals surface area contributed by atoms with Gasteiger partial charge in [-0.1, -0.05) is 29.2 Å². The van der Waals surface area contributed by atoms with Gasteiger partial charge in [-0.3, -0.25) is 9.36 Å². The number of nitrogens with one attached hydrogen (secondary N) is 1. The Kier molecular flexibility index (Phi) is 5.82. The molecule has 0 bridgehead atoms. The van der Waals surface area contributed by atoms with E-state index in [-0.39, 0.29) is 11.7 Å². The van der Waals surface area contributed by atoms with Gasteiger partial charge in [0, 0.05) is 18.1 Å². The smallest absolute Gasteiger partial charge is 0.236 e. The van der Waals surface area contributed by atoms with Crippen molar-refractivity contribution in [1.82, 2.24) is 14.5 Å². The third-order valence-electron chi connectivity index (χ3n) is 4.16. The van der Waals surface area contributed by atoms with E-state index in [1.165, 1.54) is 28.7 Å². The van der Waals surface area contributed by atoms with Gasteiger partial charge in [-0.05, 0) is 55.8 Å². The van der Waals surface area contributed by atoms with Crippen LogP contribution in [0.3, 0.4) is 0 Å². The van der Waals surface area contributed by atoms with Crippen LogP contribution in [0.25, 0.3) is 15.9 Å². The van der Waals surface area contributed by atoms with E-state index in [0.717, 1.165) is 26.8 Å². The van der Waals surface area contributed by atoms with E-state index in [9.17, 15) is 4.79 Å². The zero-order valence-corrected chi connectivity index (χ0v) is 17.7. The highest BCUT2D eigenvalue weighted by Crippen LogP contribution is 2.27. The molecule has 8 heteroatoms. The van der Waals surface area contributed by atoms with Crippen molar-refractivity contribution in [3.05, 3.63) is 60.4 Å². The number of thiazole rings is 1. The van der Waals surface area contributed by atoms with Crippen LogP contribution in [0.4, 0.5) is 5.13 Å². The number of imidazole rings is 1. The number of ether oxygens (including phenoxy) is 1. The lowest BCUT2D eigenvalue weighted by Gasteiger charge is -2.09. The van der Waals surface area contributed by atoms with Gasteiger partial charge < -0.3 is 10.1 Å². The van der Waals surface area contributed by atoms with Crippen LogP contribution in [0.15, 0.2) is 60.0 Å². The van der Waals surface area contributed by atoms with Crippen molar-refractivity contribution < 1.29 is 9.53 Å². The molecule has 2 aromatic heterocycles. The lowest BCUT2D eigenvalue weighted by atomic mass is 10.2. The molecule has 2 aromatic carbocycles. The number of amides is 1. The van der Waals surface area contributed by atoms with Crippen molar-refractivity contribution >= 4 is 44.4 Å². The van der Waals surface area contributed by atoms with E-state index in [0.29, 0.717) is 11.7 Å². The molecule has 148 valence electrons. The molecule has 0 spiro atoms. The summed E-state index contributed by atoms with van der Waals surface area (Å²) in [6, 6.07) is 13.9. The molecule has 0 atom stereocenters. The maximum atomic E-state index is 12.4. The molecule has 6 nitrogen and oxygen atoms in total. The van der Waals surface area contributed by atoms with Crippen molar-refractivity contribution in [3.63, 3.8) is 0 Å². The van der Waals surface area contributed by atoms with Gasteiger partial charge in [0.15, 0.2) is 10.3 Å². The predicted octanol–water partition coefficient (Wildman–Crippen LogP) is 4.92. The molecule has 29 heavy (non-hydrogen) atoms. The molecule has 2 heterocycles. The van der Waals surface area contributed by atoms with Crippen LogP contribution in [0.5, 0.6) is 5.75 Å². The van der Waals surface area contributed by atoms with Crippen molar-refractivity contribution in [1.29, 1.82) is 0 Å². The molecule has 0 fully saturated rings. The molecule has 0 aliphatic carbocycles. The topological polar surface area (TPSA) is 69.0 Å². The van der Waals surface area contributed by atoms with E-state index in [1.54, 1.807) is 6.20 Å². The SMILES string of the molecule is CCOc1ccc(-n2ccnc2SCC(=O)Nc2nc3ccc(C)cc3s2)cc1. The highest BCUT2D eigenvalue weighted by Gasteiger charge is 2.12. The quantitative estimate of drug-likeness (QED) is 0.427. The Balaban J connectivity index is 1.40. The number of hydrogen-bond acceptors (Lipinski definition) is 6. The summed E-state index contributed by atoms with van der Waals surface area (Å²) in [5.74, 6) is 0.978. The molecule has 0 saturated heterocycles. The molecule has 0 saturated carbocycles. The number of rotatable bonds is 7. The zero-order valence-electron chi connectivity index (χ0n) is 16.1. The van der Waals surface area contributed by atoms with Crippen LogP contribution in [0.1, 0.15) is 12.5 Å². The van der Waals surface area contributed by atoms with Gasteiger partial charge in [0.2, 0.25) is 5.91 Å². The summed E-state index contributed by atoms with van der Waals surface area (Å²) in [7, 11) is 0. The Morgan fingerprint density at radius 3 is 2.86 bits per heavy atom. The Hall–Kier alpha value is -2.84. The van der Waals surface area contributed by atoms with Gasteiger partial charge in [-0.15, -0.1) is 0 Å². The fourth-order valence-corrected chi connectivity index (χ4v) is 4.59. The predicted molar refractivity (Wildman–Crippen MR) is 118 cm³/mol. The number of carbonyl (C=O) groups is 1. The number of thioether (sulfide) groups is 1. The third-order valence-corrected chi connectivity index (χ3v) is 6.06. The van der Waals surface area contributed by atoms with Crippen molar-refractivity contribution in [2.24, 2.45) is 0 Å². The monoisotopic (exact) mass is 424 g/mol. The average Bonchev–Trinajstić information content (AvgIpc) is 3.33. The van der Waals surface area contributed by atoms with Crippen molar-refractivity contribution in [2.45, 2.75) is 19.0 Å². The van der Waals surface area contributed by atoms with Crippen LogP contribution in [0.2, 0.25) is 0 Å². The Morgan fingerprint density at radius 1 is 1.24 bits per heavy atom. The van der Waals surface area contributed by atoms with Crippen LogP contribution in [0, 0.1) is 6.92 Å². The number of benzene rings is 2. The minimum Gasteiger partial charge on any atom is -0.494 e. The minimum atomic E-state index is -0.105. The number of carbonyl (C=O) groups excluding carboxylic acids is 1. The summed E-state index contributed by atoms with van der Waals surface area (Å²) in [5, 5.41) is 4.26. The highest BCUT2D eigenvalue weighted by atomic mass is 32.2. The molecule has 1 N–H and O–H groups in total. The Bertz CT molecular complexity index is 1140. The average molecular weight is 425 g/mol. The van der Waals surface area contributed by atoms with E-state index in [2.05, 4.69) is 21.4 Å². The van der Waals surface area contributed by atoms with Gasteiger partial charge in [-0.2, -0.15) is 0 Å². The first-order chi connectivity index (χ1) is 14.1. The number of aromatic nitrogens is 3. The fraction of sp³-hybridized carbons (Fsp3) is 0.190. The Morgan fingerprint density at radius 2 is 2.07 bits per heavy atom. The summed E-state index contributed by atoms with van der Waals surface area (Å²) < 4.78 is 8.51.